The fourth-order valence-electron chi connectivity index (χ4n) is 2.95. The predicted molar refractivity (Wildman–Crippen MR) is 104 cm³/mol. The SMILES string of the molecule is CC[C@H](C(=O)Nc1cc(C)nn1-c1nc(C)c(C)c(=O)[nH]1)c1ccccc1. The van der Waals surface area contributed by atoms with E-state index in [4.69, 9.17) is 0 Å². The van der Waals surface area contributed by atoms with Crippen molar-refractivity contribution < 1.29 is 4.79 Å². The molecule has 1 amide bonds. The molecule has 27 heavy (non-hydrogen) atoms. The number of benzene rings is 1. The summed E-state index contributed by atoms with van der Waals surface area (Å²) in [5.41, 5.74) is 2.62. The van der Waals surface area contributed by atoms with Crippen molar-refractivity contribution in [2.24, 2.45) is 0 Å². The van der Waals surface area contributed by atoms with Crippen LogP contribution in [0.4, 0.5) is 5.82 Å². The average Bonchev–Trinajstić information content (AvgIpc) is 3.01. The summed E-state index contributed by atoms with van der Waals surface area (Å²) in [7, 11) is 0. The molecule has 0 saturated carbocycles. The van der Waals surface area contributed by atoms with E-state index >= 15 is 0 Å². The van der Waals surface area contributed by atoms with Gasteiger partial charge in [-0.25, -0.2) is 4.98 Å². The maximum Gasteiger partial charge on any atom is 0.255 e. The highest BCUT2D eigenvalue weighted by Gasteiger charge is 2.21. The number of carbonyl (C=O) groups is 1. The number of hydrogen-bond donors (Lipinski definition) is 2. The summed E-state index contributed by atoms with van der Waals surface area (Å²) in [5.74, 6) is 0.343. The Balaban J connectivity index is 1.95. The number of aryl methyl sites for hydroxylation is 2. The van der Waals surface area contributed by atoms with Gasteiger partial charge in [-0.2, -0.15) is 9.78 Å². The first-order chi connectivity index (χ1) is 12.9. The molecule has 0 bridgehead atoms. The molecule has 0 fully saturated rings. The van der Waals surface area contributed by atoms with Crippen molar-refractivity contribution in [1.29, 1.82) is 0 Å². The lowest BCUT2D eigenvalue weighted by molar-refractivity contribution is -0.117. The number of amides is 1. The first-order valence-electron chi connectivity index (χ1n) is 8.91. The Morgan fingerprint density at radius 1 is 1.22 bits per heavy atom. The fourth-order valence-corrected chi connectivity index (χ4v) is 2.95. The van der Waals surface area contributed by atoms with Gasteiger partial charge in [0.15, 0.2) is 0 Å². The summed E-state index contributed by atoms with van der Waals surface area (Å²) in [4.78, 5) is 32.1. The molecule has 0 saturated heterocycles. The van der Waals surface area contributed by atoms with E-state index in [1.807, 2.05) is 44.2 Å². The molecule has 0 radical (unpaired) electrons. The third-order valence-electron chi connectivity index (χ3n) is 4.59. The van der Waals surface area contributed by atoms with Gasteiger partial charge in [0.05, 0.1) is 11.6 Å². The molecule has 3 aromatic rings. The lowest BCUT2D eigenvalue weighted by Gasteiger charge is -2.16. The van der Waals surface area contributed by atoms with Crippen molar-refractivity contribution in [2.45, 2.75) is 40.0 Å². The van der Waals surface area contributed by atoms with Gasteiger partial charge in [0.1, 0.15) is 5.82 Å². The van der Waals surface area contributed by atoms with Gasteiger partial charge >= 0.3 is 0 Å². The highest BCUT2D eigenvalue weighted by molar-refractivity contribution is 5.95. The van der Waals surface area contributed by atoms with Crippen LogP contribution in [0.2, 0.25) is 0 Å². The van der Waals surface area contributed by atoms with Gasteiger partial charge in [0, 0.05) is 17.3 Å². The number of aromatic amines is 1. The molecule has 1 atom stereocenters. The molecule has 2 aromatic heterocycles. The van der Waals surface area contributed by atoms with E-state index in [0.29, 0.717) is 29.2 Å². The van der Waals surface area contributed by atoms with E-state index in [1.54, 1.807) is 19.9 Å². The zero-order valence-corrected chi connectivity index (χ0v) is 15.9. The first-order valence-corrected chi connectivity index (χ1v) is 8.91. The number of anilines is 1. The van der Waals surface area contributed by atoms with E-state index < -0.39 is 0 Å². The molecule has 0 spiro atoms. The monoisotopic (exact) mass is 365 g/mol. The zero-order chi connectivity index (χ0) is 19.6. The van der Waals surface area contributed by atoms with Gasteiger partial charge in [-0.1, -0.05) is 37.3 Å². The van der Waals surface area contributed by atoms with Gasteiger partial charge < -0.3 is 5.32 Å². The fraction of sp³-hybridized carbons (Fsp3) is 0.300. The number of rotatable bonds is 5. The van der Waals surface area contributed by atoms with Gasteiger partial charge in [-0.15, -0.1) is 0 Å². The molecule has 2 N–H and O–H groups in total. The number of H-pyrrole nitrogens is 1. The van der Waals surface area contributed by atoms with Crippen molar-refractivity contribution in [3.63, 3.8) is 0 Å². The minimum Gasteiger partial charge on any atom is -0.310 e. The average molecular weight is 365 g/mol. The molecular weight excluding hydrogens is 342 g/mol. The summed E-state index contributed by atoms with van der Waals surface area (Å²) < 4.78 is 1.46. The molecule has 0 aliphatic rings. The van der Waals surface area contributed by atoms with Crippen LogP contribution in [0.5, 0.6) is 0 Å². The van der Waals surface area contributed by atoms with Crippen molar-refractivity contribution in [3.8, 4) is 5.95 Å². The smallest absolute Gasteiger partial charge is 0.255 e. The maximum absolute atomic E-state index is 12.9. The second-order valence-corrected chi connectivity index (χ2v) is 6.54. The van der Waals surface area contributed by atoms with E-state index in [-0.39, 0.29) is 23.3 Å². The largest absolute Gasteiger partial charge is 0.310 e. The topological polar surface area (TPSA) is 92.7 Å². The zero-order valence-electron chi connectivity index (χ0n) is 15.9. The van der Waals surface area contributed by atoms with Crippen LogP contribution in [0.1, 0.15) is 41.8 Å². The van der Waals surface area contributed by atoms with Gasteiger partial charge in [-0.05, 0) is 32.8 Å². The van der Waals surface area contributed by atoms with Crippen LogP contribution in [-0.2, 0) is 4.79 Å². The number of hydrogen-bond acceptors (Lipinski definition) is 4. The highest BCUT2D eigenvalue weighted by atomic mass is 16.2. The first kappa shape index (κ1) is 18.6. The van der Waals surface area contributed by atoms with Gasteiger partial charge in [-0.3, -0.25) is 14.6 Å². The quantitative estimate of drug-likeness (QED) is 0.727. The summed E-state index contributed by atoms with van der Waals surface area (Å²) in [6.45, 7) is 7.28. The minimum atomic E-state index is -0.276. The Labute approximate surface area is 157 Å². The van der Waals surface area contributed by atoms with Crippen molar-refractivity contribution >= 4 is 11.7 Å². The summed E-state index contributed by atoms with van der Waals surface area (Å²) >= 11 is 0. The molecule has 1 aromatic carbocycles. The maximum atomic E-state index is 12.9. The third-order valence-corrected chi connectivity index (χ3v) is 4.59. The van der Waals surface area contributed by atoms with Gasteiger partial charge in [0.2, 0.25) is 11.9 Å². The summed E-state index contributed by atoms with van der Waals surface area (Å²) in [5, 5.41) is 7.31. The van der Waals surface area contributed by atoms with Gasteiger partial charge in [0.25, 0.3) is 5.56 Å². The Morgan fingerprint density at radius 2 is 1.93 bits per heavy atom. The summed E-state index contributed by atoms with van der Waals surface area (Å²) in [6, 6.07) is 11.4. The second kappa shape index (κ2) is 7.57. The highest BCUT2D eigenvalue weighted by Crippen LogP contribution is 2.22. The molecule has 7 heteroatoms. The molecule has 0 aliphatic heterocycles. The van der Waals surface area contributed by atoms with Crippen LogP contribution in [0.15, 0.2) is 41.2 Å². The predicted octanol–water partition coefficient (Wildman–Crippen LogP) is 3.01. The lowest BCUT2D eigenvalue weighted by Crippen LogP contribution is -2.24. The van der Waals surface area contributed by atoms with Crippen LogP contribution >= 0.6 is 0 Å². The van der Waals surface area contributed by atoms with Crippen LogP contribution in [0, 0.1) is 20.8 Å². The van der Waals surface area contributed by atoms with Crippen LogP contribution in [0.25, 0.3) is 5.95 Å². The Morgan fingerprint density at radius 3 is 2.56 bits per heavy atom. The molecule has 2 heterocycles. The third kappa shape index (κ3) is 3.81. The standard InChI is InChI=1S/C20H23N5O2/c1-5-16(15-9-7-6-8-10-15)19(27)22-17-11-12(2)24-25(17)20-21-14(4)13(3)18(26)23-20/h6-11,16H,5H2,1-4H3,(H,22,27)(H,21,23,26)/t16-/m0/s1. The van der Waals surface area contributed by atoms with Crippen molar-refractivity contribution in [3.05, 3.63) is 69.3 Å². The molecular formula is C20H23N5O2. The van der Waals surface area contributed by atoms with E-state index in [9.17, 15) is 9.59 Å². The minimum absolute atomic E-state index is 0.129. The number of nitrogens with zero attached hydrogens (tertiary/aromatic N) is 3. The Kier molecular flexibility index (Phi) is 5.21. The molecule has 0 unspecified atom stereocenters. The van der Waals surface area contributed by atoms with Crippen molar-refractivity contribution in [1.82, 2.24) is 19.7 Å². The lowest BCUT2D eigenvalue weighted by atomic mass is 9.96. The number of aromatic nitrogens is 4. The Bertz CT molecular complexity index is 1020. The van der Waals surface area contributed by atoms with E-state index in [2.05, 4.69) is 20.4 Å². The van der Waals surface area contributed by atoms with E-state index in [1.165, 1.54) is 4.68 Å². The molecule has 140 valence electrons. The van der Waals surface area contributed by atoms with Crippen molar-refractivity contribution in [2.75, 3.05) is 5.32 Å². The number of carbonyl (C=O) groups excluding carboxylic acids is 1. The molecule has 0 aliphatic carbocycles. The number of nitrogens with one attached hydrogen (secondary N) is 2. The van der Waals surface area contributed by atoms with Crippen LogP contribution in [0.3, 0.4) is 0 Å². The second-order valence-electron chi connectivity index (χ2n) is 6.54. The molecule has 7 nitrogen and oxygen atoms in total. The molecule has 3 rings (SSSR count). The Hall–Kier alpha value is -3.22. The normalized spacial score (nSPS) is 12.0. The van der Waals surface area contributed by atoms with E-state index in [0.717, 1.165) is 5.56 Å². The van der Waals surface area contributed by atoms with Crippen LogP contribution < -0.4 is 10.9 Å². The van der Waals surface area contributed by atoms with Crippen LogP contribution in [-0.4, -0.2) is 25.7 Å². The summed E-state index contributed by atoms with van der Waals surface area (Å²) in [6.07, 6.45) is 0.668.